The molecule has 1 heterocycles. The van der Waals surface area contributed by atoms with Gasteiger partial charge in [-0.15, -0.1) is 0 Å². The topological polar surface area (TPSA) is 44.1 Å². The van der Waals surface area contributed by atoms with Gasteiger partial charge in [-0.1, -0.05) is 25.8 Å². The quantitative estimate of drug-likeness (QED) is 0.631. The van der Waals surface area contributed by atoms with Gasteiger partial charge in [0, 0.05) is 19.2 Å². The van der Waals surface area contributed by atoms with Crippen LogP contribution in [-0.4, -0.2) is 15.7 Å². The highest BCUT2D eigenvalue weighted by Crippen LogP contribution is 2.63. The number of rotatable bonds is 6. The third-order valence-electron chi connectivity index (χ3n) is 6.21. The van der Waals surface area contributed by atoms with Crippen LogP contribution >= 0.6 is 0 Å². The fourth-order valence-electron chi connectivity index (χ4n) is 5.10. The first-order valence-electron chi connectivity index (χ1n) is 9.72. The number of carbonyl (C=O) groups is 1. The molecule has 1 aromatic carbocycles. The summed E-state index contributed by atoms with van der Waals surface area (Å²) in [6.07, 6.45) is 2.64. The minimum absolute atomic E-state index is 0.0415. The number of benzene rings is 1. The zero-order chi connectivity index (χ0) is 20.1. The lowest BCUT2D eigenvalue weighted by Crippen LogP contribution is -2.34. The van der Waals surface area contributed by atoms with Gasteiger partial charge in [0.25, 0.3) is 6.43 Å². The van der Waals surface area contributed by atoms with Crippen LogP contribution in [0.3, 0.4) is 0 Å². The van der Waals surface area contributed by atoms with E-state index in [4.69, 9.17) is 4.74 Å². The smallest absolute Gasteiger partial charge is 0.342 e. The van der Waals surface area contributed by atoms with E-state index in [1.165, 1.54) is 30.1 Å². The molecule has 4 rings (SSSR count). The third kappa shape index (κ3) is 2.83. The molecule has 0 saturated heterocycles. The number of unbranched alkanes of at least 4 members (excludes halogenated alkanes) is 1. The van der Waals surface area contributed by atoms with Gasteiger partial charge in [-0.05, 0) is 48.4 Å². The summed E-state index contributed by atoms with van der Waals surface area (Å²) in [4.78, 5) is 12.9. The fourth-order valence-corrected chi connectivity index (χ4v) is 5.10. The summed E-state index contributed by atoms with van der Waals surface area (Å²) in [6, 6.07) is 4.59. The van der Waals surface area contributed by atoms with Crippen molar-refractivity contribution in [1.29, 1.82) is 0 Å². The second-order valence-electron chi connectivity index (χ2n) is 7.81. The van der Waals surface area contributed by atoms with Crippen molar-refractivity contribution < 1.29 is 22.7 Å². The van der Waals surface area contributed by atoms with E-state index in [-0.39, 0.29) is 23.2 Å². The van der Waals surface area contributed by atoms with Crippen LogP contribution in [0.25, 0.3) is 0 Å². The number of fused-ring (bicyclic) bond motifs is 5. The molecule has 7 heteroatoms. The molecule has 2 aromatic rings. The van der Waals surface area contributed by atoms with Crippen LogP contribution in [0.1, 0.15) is 78.6 Å². The first-order chi connectivity index (χ1) is 13.4. The summed E-state index contributed by atoms with van der Waals surface area (Å²) in [5, 5.41) is 3.71. The molecule has 1 fully saturated rings. The Kier molecular flexibility index (Phi) is 4.71. The van der Waals surface area contributed by atoms with Crippen LogP contribution in [0, 0.1) is 11.7 Å². The molecule has 28 heavy (non-hydrogen) atoms. The highest BCUT2D eigenvalue weighted by Gasteiger charge is 2.59. The van der Waals surface area contributed by atoms with Crippen molar-refractivity contribution >= 4 is 5.97 Å². The van der Waals surface area contributed by atoms with Crippen LogP contribution in [0.15, 0.2) is 24.4 Å². The van der Waals surface area contributed by atoms with E-state index in [9.17, 15) is 18.0 Å². The summed E-state index contributed by atoms with van der Waals surface area (Å²) < 4.78 is 47.7. The van der Waals surface area contributed by atoms with Crippen molar-refractivity contribution in [3.05, 3.63) is 52.6 Å². The van der Waals surface area contributed by atoms with E-state index in [1.807, 2.05) is 0 Å². The normalized spacial score (nSPS) is 25.4. The zero-order valence-corrected chi connectivity index (χ0v) is 15.9. The zero-order valence-electron chi connectivity index (χ0n) is 15.9. The Morgan fingerprint density at radius 2 is 2.21 bits per heavy atom. The predicted octanol–water partition coefficient (Wildman–Crippen LogP) is 5.25. The van der Waals surface area contributed by atoms with Gasteiger partial charge in [0.1, 0.15) is 22.7 Å². The minimum Gasteiger partial charge on any atom is -0.450 e. The monoisotopic (exact) mass is 392 g/mol. The molecule has 1 aromatic heterocycles. The Morgan fingerprint density at radius 3 is 2.93 bits per heavy atom. The van der Waals surface area contributed by atoms with Crippen LogP contribution in [-0.2, 0) is 17.4 Å². The highest BCUT2D eigenvalue weighted by atomic mass is 19.3. The van der Waals surface area contributed by atoms with Crippen molar-refractivity contribution in [2.45, 2.75) is 57.0 Å². The Balaban J connectivity index is 1.73. The van der Waals surface area contributed by atoms with Crippen molar-refractivity contribution in [2.24, 2.45) is 13.0 Å². The Bertz CT molecular complexity index is 911. The maximum absolute atomic E-state index is 13.9. The number of alkyl halides is 2. The molecule has 1 saturated carbocycles. The Morgan fingerprint density at radius 1 is 1.43 bits per heavy atom. The van der Waals surface area contributed by atoms with E-state index < -0.39 is 23.7 Å². The lowest BCUT2D eigenvalue weighted by atomic mass is 9.85. The second-order valence-corrected chi connectivity index (χ2v) is 7.81. The van der Waals surface area contributed by atoms with Crippen LogP contribution in [0.2, 0.25) is 0 Å². The van der Waals surface area contributed by atoms with E-state index >= 15 is 0 Å². The predicted molar refractivity (Wildman–Crippen MR) is 96.6 cm³/mol. The molecule has 0 N–H and O–H groups in total. The van der Waals surface area contributed by atoms with Gasteiger partial charge in [-0.3, -0.25) is 4.68 Å². The average Bonchev–Trinajstić information content (AvgIpc) is 3.28. The number of hydrogen-bond acceptors (Lipinski definition) is 3. The van der Waals surface area contributed by atoms with E-state index in [0.29, 0.717) is 6.42 Å². The molecular weight excluding hydrogens is 369 g/mol. The minimum atomic E-state index is -2.86. The second kappa shape index (κ2) is 6.94. The highest BCUT2D eigenvalue weighted by molar-refractivity contribution is 5.91. The lowest BCUT2D eigenvalue weighted by molar-refractivity contribution is -0.0417. The number of carbonyl (C=O) groups excluding carboxylic acids is 1. The number of esters is 1. The summed E-state index contributed by atoms with van der Waals surface area (Å²) in [5.74, 6) is -0.926. The summed E-state index contributed by atoms with van der Waals surface area (Å²) in [5.41, 5.74) is 0.0540. The van der Waals surface area contributed by atoms with Gasteiger partial charge < -0.3 is 4.74 Å². The SMILES string of the molecule is CCCCC1C2CCC1(OC(=O)c1cn(C)nc1C(F)F)c1ccc(F)cc12. The first-order valence-corrected chi connectivity index (χ1v) is 9.72. The molecule has 2 bridgehead atoms. The molecule has 2 aliphatic rings. The largest absolute Gasteiger partial charge is 0.450 e. The number of nitrogens with zero attached hydrogens (tertiary/aromatic N) is 2. The van der Waals surface area contributed by atoms with Crippen molar-refractivity contribution in [1.82, 2.24) is 9.78 Å². The molecule has 2 aliphatic carbocycles. The van der Waals surface area contributed by atoms with Gasteiger partial charge in [0.05, 0.1) is 0 Å². The number of aromatic nitrogens is 2. The summed E-state index contributed by atoms with van der Waals surface area (Å²) in [7, 11) is 1.49. The molecule has 4 nitrogen and oxygen atoms in total. The molecule has 0 spiro atoms. The number of ether oxygens (including phenoxy) is 1. The van der Waals surface area contributed by atoms with E-state index in [2.05, 4.69) is 12.0 Å². The average molecular weight is 392 g/mol. The first kappa shape index (κ1) is 19.0. The summed E-state index contributed by atoms with van der Waals surface area (Å²) in [6.45, 7) is 2.09. The number of hydrogen-bond donors (Lipinski definition) is 0. The van der Waals surface area contributed by atoms with Gasteiger partial charge in [0.15, 0.2) is 0 Å². The van der Waals surface area contributed by atoms with Crippen LogP contribution in [0.5, 0.6) is 0 Å². The molecule has 150 valence electrons. The molecule has 0 radical (unpaired) electrons. The van der Waals surface area contributed by atoms with Crippen LogP contribution < -0.4 is 0 Å². The van der Waals surface area contributed by atoms with Crippen LogP contribution in [0.4, 0.5) is 13.2 Å². The molecule has 3 unspecified atom stereocenters. The maximum Gasteiger partial charge on any atom is 0.342 e. The molecule has 0 amide bonds. The standard InChI is InChI=1S/C21H23F3N2O2/c1-3-4-5-16-13-8-9-21(16,17-7-6-12(22)10-14(13)17)28-20(27)15-11-26(2)25-18(15)19(23)24/h6-7,10-11,13,16,19H,3-5,8-9H2,1-2H3. The van der Waals surface area contributed by atoms with E-state index in [1.54, 1.807) is 6.07 Å². The third-order valence-corrected chi connectivity index (χ3v) is 6.21. The Hall–Kier alpha value is -2.31. The molecule has 0 aliphatic heterocycles. The summed E-state index contributed by atoms with van der Waals surface area (Å²) >= 11 is 0. The van der Waals surface area contributed by atoms with Crippen molar-refractivity contribution in [3.63, 3.8) is 0 Å². The Labute approximate surface area is 161 Å². The van der Waals surface area contributed by atoms with Gasteiger partial charge in [-0.25, -0.2) is 18.0 Å². The number of halogens is 3. The number of aryl methyl sites for hydroxylation is 1. The molecular formula is C21H23F3N2O2. The maximum atomic E-state index is 13.9. The van der Waals surface area contributed by atoms with Crippen molar-refractivity contribution in [2.75, 3.05) is 0 Å². The van der Waals surface area contributed by atoms with Gasteiger partial charge >= 0.3 is 5.97 Å². The van der Waals surface area contributed by atoms with Gasteiger partial charge in [0.2, 0.25) is 0 Å². The molecule has 3 atom stereocenters. The lowest BCUT2D eigenvalue weighted by Gasteiger charge is -2.33. The fraction of sp³-hybridized carbons (Fsp3) is 0.524. The van der Waals surface area contributed by atoms with Crippen molar-refractivity contribution in [3.8, 4) is 0 Å². The van der Waals surface area contributed by atoms with Gasteiger partial charge in [-0.2, -0.15) is 5.10 Å². The van der Waals surface area contributed by atoms with E-state index in [0.717, 1.165) is 36.8 Å².